The third kappa shape index (κ3) is 3.12. The number of likely N-dealkylation sites (tertiary alicyclic amines) is 1. The van der Waals surface area contributed by atoms with E-state index in [1.807, 2.05) is 30.3 Å². The van der Waals surface area contributed by atoms with Crippen molar-refractivity contribution >= 4 is 23.7 Å². The van der Waals surface area contributed by atoms with Gasteiger partial charge in [-0.25, -0.2) is 9.18 Å². The molecule has 1 amide bonds. The maximum Gasteiger partial charge on any atom is 0.329 e. The van der Waals surface area contributed by atoms with Gasteiger partial charge in [0.05, 0.1) is 6.04 Å². The molecule has 2 aliphatic rings. The highest BCUT2D eigenvalue weighted by molar-refractivity contribution is 6.01. The first-order valence-electron chi connectivity index (χ1n) is 9.92. The van der Waals surface area contributed by atoms with Gasteiger partial charge in [0.15, 0.2) is 0 Å². The van der Waals surface area contributed by atoms with E-state index in [0.717, 1.165) is 11.6 Å². The Labute approximate surface area is 173 Å². The van der Waals surface area contributed by atoms with Crippen LogP contribution in [0.2, 0.25) is 0 Å². The molecule has 0 aromatic heterocycles. The second-order valence-corrected chi connectivity index (χ2v) is 8.04. The molecule has 1 N–H and O–H groups in total. The number of nitrogens with zero attached hydrogens (tertiary/aromatic N) is 1. The molecule has 1 aliphatic heterocycles. The summed E-state index contributed by atoms with van der Waals surface area (Å²) in [6, 6.07) is 13.9. The van der Waals surface area contributed by atoms with E-state index in [-0.39, 0.29) is 11.3 Å². The van der Waals surface area contributed by atoms with Crippen molar-refractivity contribution in [3.8, 4) is 0 Å². The van der Waals surface area contributed by atoms with Gasteiger partial charge in [-0.3, -0.25) is 9.59 Å². The van der Waals surface area contributed by atoms with E-state index < -0.39 is 41.1 Å². The Hall–Kier alpha value is -3.28. The topological polar surface area (TPSA) is 74.7 Å². The van der Waals surface area contributed by atoms with Crippen LogP contribution in [-0.2, 0) is 9.59 Å². The van der Waals surface area contributed by atoms with Gasteiger partial charge in [-0.2, -0.15) is 0 Å². The van der Waals surface area contributed by atoms with Crippen LogP contribution in [0.1, 0.15) is 35.7 Å². The lowest BCUT2D eigenvalue weighted by atomic mass is 9.81. The number of fused-ring (bicyclic) bond motifs is 1. The molecular weight excluding hydrogens is 385 g/mol. The van der Waals surface area contributed by atoms with E-state index >= 15 is 0 Å². The number of amides is 1. The maximum atomic E-state index is 13.8. The van der Waals surface area contributed by atoms with Gasteiger partial charge in [0.2, 0.25) is 0 Å². The van der Waals surface area contributed by atoms with Crippen molar-refractivity contribution in [1.82, 2.24) is 4.90 Å². The van der Waals surface area contributed by atoms with Crippen LogP contribution in [0.25, 0.3) is 6.08 Å². The van der Waals surface area contributed by atoms with E-state index in [4.69, 9.17) is 0 Å². The zero-order valence-electron chi connectivity index (χ0n) is 16.5. The molecule has 2 aromatic carbocycles. The van der Waals surface area contributed by atoms with Gasteiger partial charge in [0, 0.05) is 23.8 Å². The van der Waals surface area contributed by atoms with Crippen LogP contribution in [-0.4, -0.2) is 39.2 Å². The number of ketones is 1. The molecule has 154 valence electrons. The third-order valence-corrected chi connectivity index (χ3v) is 6.40. The van der Waals surface area contributed by atoms with Crippen LogP contribution in [0.5, 0.6) is 0 Å². The van der Waals surface area contributed by atoms with Crippen molar-refractivity contribution in [2.75, 3.05) is 0 Å². The van der Waals surface area contributed by atoms with Crippen molar-refractivity contribution in [2.45, 2.75) is 31.3 Å². The van der Waals surface area contributed by atoms with Gasteiger partial charge < -0.3 is 10.0 Å². The molecule has 4 unspecified atom stereocenters. The quantitative estimate of drug-likeness (QED) is 0.837. The summed E-state index contributed by atoms with van der Waals surface area (Å²) in [5.74, 6) is -3.46. The Morgan fingerprint density at radius 1 is 1.17 bits per heavy atom. The predicted molar refractivity (Wildman–Crippen MR) is 109 cm³/mol. The molecule has 4 atom stereocenters. The number of hydrogen-bond donors (Lipinski definition) is 1. The molecule has 2 fully saturated rings. The van der Waals surface area contributed by atoms with Crippen molar-refractivity contribution in [1.29, 1.82) is 0 Å². The summed E-state index contributed by atoms with van der Waals surface area (Å²) in [5.41, 5.74) is -0.624. The van der Waals surface area contributed by atoms with Gasteiger partial charge in [-0.1, -0.05) is 48.6 Å². The Kier molecular flexibility index (Phi) is 5.02. The fourth-order valence-corrected chi connectivity index (χ4v) is 4.92. The number of hydrogen-bond acceptors (Lipinski definition) is 3. The van der Waals surface area contributed by atoms with E-state index in [9.17, 15) is 23.9 Å². The number of carboxylic acid groups (broad SMARTS) is 1. The van der Waals surface area contributed by atoms with E-state index in [1.165, 1.54) is 30.0 Å². The molecule has 1 heterocycles. The fourth-order valence-electron chi connectivity index (χ4n) is 4.92. The van der Waals surface area contributed by atoms with Gasteiger partial charge in [0.1, 0.15) is 17.1 Å². The Bertz CT molecular complexity index is 1030. The minimum absolute atomic E-state index is 0.0373. The minimum Gasteiger partial charge on any atom is -0.479 e. The maximum absolute atomic E-state index is 13.8. The number of carbonyl (C=O) groups excluding carboxylic acids is 2. The summed E-state index contributed by atoms with van der Waals surface area (Å²) in [7, 11) is 0. The Balaban J connectivity index is 1.82. The molecule has 0 radical (unpaired) electrons. The molecule has 30 heavy (non-hydrogen) atoms. The first-order chi connectivity index (χ1) is 14.3. The van der Waals surface area contributed by atoms with Crippen molar-refractivity contribution in [3.63, 3.8) is 0 Å². The third-order valence-electron chi connectivity index (χ3n) is 6.40. The van der Waals surface area contributed by atoms with Crippen LogP contribution in [0.4, 0.5) is 4.39 Å². The number of aliphatic carboxylic acids is 1. The SMILES string of the molecule is CC1(C(=O)O)C2CCC(=O)C2C(C=Cc2ccccc2)N1C(=O)c1cccc(F)c1. The van der Waals surface area contributed by atoms with E-state index in [1.54, 1.807) is 12.2 Å². The van der Waals surface area contributed by atoms with E-state index in [2.05, 4.69) is 0 Å². The normalized spacial score (nSPS) is 28.1. The molecule has 0 bridgehead atoms. The standard InChI is InChI=1S/C24H22FNO4/c1-24(23(29)30)18-11-13-20(27)21(18)19(12-10-15-6-3-2-4-7-15)26(24)22(28)16-8-5-9-17(25)14-16/h2-10,12,14,18-19,21H,11,13H2,1H3,(H,29,30). The fraction of sp³-hybridized carbons (Fsp3) is 0.292. The van der Waals surface area contributed by atoms with Gasteiger partial charge in [0.25, 0.3) is 5.91 Å². The lowest BCUT2D eigenvalue weighted by molar-refractivity contribution is -0.150. The largest absolute Gasteiger partial charge is 0.479 e. The van der Waals surface area contributed by atoms with Crippen LogP contribution >= 0.6 is 0 Å². The second kappa shape index (κ2) is 7.52. The number of rotatable bonds is 4. The number of benzene rings is 2. The molecule has 6 heteroatoms. The zero-order valence-corrected chi connectivity index (χ0v) is 16.5. The van der Waals surface area contributed by atoms with Gasteiger partial charge in [-0.15, -0.1) is 0 Å². The first-order valence-corrected chi connectivity index (χ1v) is 9.92. The number of carbonyl (C=O) groups is 3. The molecule has 1 aliphatic carbocycles. The number of Topliss-reactive ketones (excluding diaryl/α,β-unsaturated/α-hetero) is 1. The summed E-state index contributed by atoms with van der Waals surface area (Å²) in [6.45, 7) is 1.50. The Morgan fingerprint density at radius 3 is 2.57 bits per heavy atom. The van der Waals surface area contributed by atoms with E-state index in [0.29, 0.717) is 12.8 Å². The average Bonchev–Trinajstić information content (AvgIpc) is 3.24. The molecule has 4 rings (SSSR count). The Morgan fingerprint density at radius 2 is 1.90 bits per heavy atom. The summed E-state index contributed by atoms with van der Waals surface area (Å²) in [6.07, 6.45) is 4.25. The molecule has 2 aromatic rings. The molecule has 1 saturated heterocycles. The lowest BCUT2D eigenvalue weighted by Crippen LogP contribution is -2.56. The van der Waals surface area contributed by atoms with Crippen LogP contribution in [0.3, 0.4) is 0 Å². The monoisotopic (exact) mass is 407 g/mol. The molecular formula is C24H22FNO4. The number of halogens is 1. The lowest BCUT2D eigenvalue weighted by Gasteiger charge is -2.37. The van der Waals surface area contributed by atoms with Crippen LogP contribution in [0.15, 0.2) is 60.7 Å². The molecule has 5 nitrogen and oxygen atoms in total. The zero-order chi connectivity index (χ0) is 21.5. The summed E-state index contributed by atoms with van der Waals surface area (Å²) < 4.78 is 13.8. The first kappa shape index (κ1) is 20.0. The highest BCUT2D eigenvalue weighted by Gasteiger charge is 2.65. The summed E-state index contributed by atoms with van der Waals surface area (Å²) in [4.78, 5) is 39.8. The molecule has 0 spiro atoms. The summed E-state index contributed by atoms with van der Waals surface area (Å²) in [5, 5.41) is 10.1. The van der Waals surface area contributed by atoms with Crippen LogP contribution in [0, 0.1) is 17.7 Å². The van der Waals surface area contributed by atoms with Gasteiger partial charge >= 0.3 is 5.97 Å². The second-order valence-electron chi connectivity index (χ2n) is 8.04. The van der Waals surface area contributed by atoms with Crippen LogP contribution < -0.4 is 0 Å². The predicted octanol–water partition coefficient (Wildman–Crippen LogP) is 3.80. The highest BCUT2D eigenvalue weighted by atomic mass is 19.1. The smallest absolute Gasteiger partial charge is 0.329 e. The minimum atomic E-state index is -1.56. The van der Waals surface area contributed by atoms with Crippen molar-refractivity contribution < 1.29 is 23.9 Å². The van der Waals surface area contributed by atoms with Crippen molar-refractivity contribution in [2.24, 2.45) is 11.8 Å². The number of carboxylic acids is 1. The highest BCUT2D eigenvalue weighted by Crippen LogP contribution is 2.51. The molecule has 1 saturated carbocycles. The van der Waals surface area contributed by atoms with Crippen molar-refractivity contribution in [3.05, 3.63) is 77.6 Å². The average molecular weight is 407 g/mol. The summed E-state index contributed by atoms with van der Waals surface area (Å²) >= 11 is 0. The van der Waals surface area contributed by atoms with Gasteiger partial charge in [-0.05, 0) is 37.1 Å².